The van der Waals surface area contributed by atoms with Gasteiger partial charge in [0.25, 0.3) is 5.89 Å². The van der Waals surface area contributed by atoms with Crippen molar-refractivity contribution in [3.05, 3.63) is 54.2 Å². The molecule has 1 fully saturated rings. The minimum atomic E-state index is -0.402. The molecule has 1 aliphatic rings. The van der Waals surface area contributed by atoms with Crippen molar-refractivity contribution in [3.63, 3.8) is 0 Å². The molecule has 1 heterocycles. The summed E-state index contributed by atoms with van der Waals surface area (Å²) >= 11 is 0. The maximum absolute atomic E-state index is 6.19. The van der Waals surface area contributed by atoms with Crippen molar-refractivity contribution in [1.82, 2.24) is 10.1 Å². The van der Waals surface area contributed by atoms with E-state index < -0.39 is 5.54 Å². The fourth-order valence-electron chi connectivity index (χ4n) is 2.76. The third-order valence-corrected chi connectivity index (χ3v) is 4.26. The van der Waals surface area contributed by atoms with E-state index in [0.29, 0.717) is 11.7 Å². The molecular weight excluding hydrogens is 314 g/mol. The molecule has 1 saturated carbocycles. The van der Waals surface area contributed by atoms with Crippen LogP contribution in [0.5, 0.6) is 5.75 Å². The Morgan fingerprint density at radius 2 is 1.91 bits per heavy atom. The van der Waals surface area contributed by atoms with Gasteiger partial charge in [-0.3, -0.25) is 0 Å². The smallest absolute Gasteiger partial charge is 0.264 e. The maximum Gasteiger partial charge on any atom is 0.264 e. The predicted molar refractivity (Wildman–Crippen MR) is 89.5 cm³/mol. The summed E-state index contributed by atoms with van der Waals surface area (Å²) in [5.41, 5.74) is 5.79. The Kier molecular flexibility index (Phi) is 4.24. The molecule has 2 N–H and O–H groups in total. The minimum Gasteiger partial charge on any atom is -0.483 e. The maximum atomic E-state index is 6.19. The van der Waals surface area contributed by atoms with Crippen LogP contribution in [0.3, 0.4) is 0 Å². The summed E-state index contributed by atoms with van der Waals surface area (Å²) in [6, 6.07) is 14.1. The van der Waals surface area contributed by atoms with E-state index in [9.17, 15) is 0 Å². The minimum absolute atomic E-state index is 0. The number of nitrogens with zero attached hydrogens (tertiary/aromatic N) is 2. The van der Waals surface area contributed by atoms with Gasteiger partial charge in [-0.25, -0.2) is 0 Å². The van der Waals surface area contributed by atoms with Gasteiger partial charge in [-0.15, -0.1) is 12.4 Å². The fraction of sp³-hybridized carbons (Fsp3) is 0.294. The topological polar surface area (TPSA) is 74.2 Å². The van der Waals surface area contributed by atoms with Gasteiger partial charge in [-0.1, -0.05) is 41.6 Å². The summed E-state index contributed by atoms with van der Waals surface area (Å²) in [4.78, 5) is 4.37. The van der Waals surface area contributed by atoms with E-state index in [0.717, 1.165) is 35.8 Å². The Bertz CT molecular complexity index is 809. The lowest BCUT2D eigenvalue weighted by Gasteiger charge is -2.34. The van der Waals surface area contributed by atoms with Gasteiger partial charge in [-0.05, 0) is 30.7 Å². The van der Waals surface area contributed by atoms with Crippen molar-refractivity contribution in [2.45, 2.75) is 31.4 Å². The molecule has 3 aromatic rings. The molecule has 0 unspecified atom stereocenters. The second-order valence-corrected chi connectivity index (χ2v) is 5.79. The average molecular weight is 332 g/mol. The number of hydrogen-bond acceptors (Lipinski definition) is 5. The van der Waals surface area contributed by atoms with Gasteiger partial charge in [0, 0.05) is 5.39 Å². The summed E-state index contributed by atoms with van der Waals surface area (Å²) < 4.78 is 11.1. The monoisotopic (exact) mass is 331 g/mol. The summed E-state index contributed by atoms with van der Waals surface area (Å²) in [5, 5.41) is 6.20. The Labute approximate surface area is 140 Å². The highest BCUT2D eigenvalue weighted by Crippen LogP contribution is 2.37. The van der Waals surface area contributed by atoms with Crippen molar-refractivity contribution in [3.8, 4) is 5.75 Å². The molecule has 0 spiro atoms. The third kappa shape index (κ3) is 2.90. The Balaban J connectivity index is 0.00000156. The fourth-order valence-corrected chi connectivity index (χ4v) is 2.76. The van der Waals surface area contributed by atoms with Crippen LogP contribution in [0.2, 0.25) is 0 Å². The van der Waals surface area contributed by atoms with Gasteiger partial charge in [0.2, 0.25) is 0 Å². The summed E-state index contributed by atoms with van der Waals surface area (Å²) in [7, 11) is 0. The number of aromatic nitrogens is 2. The van der Waals surface area contributed by atoms with E-state index in [1.807, 2.05) is 30.3 Å². The van der Waals surface area contributed by atoms with Gasteiger partial charge >= 0.3 is 0 Å². The highest BCUT2D eigenvalue weighted by Gasteiger charge is 2.38. The van der Waals surface area contributed by atoms with Crippen LogP contribution in [-0.4, -0.2) is 10.1 Å². The van der Waals surface area contributed by atoms with Gasteiger partial charge in [0.1, 0.15) is 5.75 Å². The molecule has 0 amide bonds. The molecule has 1 aliphatic carbocycles. The van der Waals surface area contributed by atoms with Crippen molar-refractivity contribution >= 4 is 23.2 Å². The zero-order valence-electron chi connectivity index (χ0n) is 12.6. The van der Waals surface area contributed by atoms with Gasteiger partial charge in [0.15, 0.2) is 12.4 Å². The second-order valence-electron chi connectivity index (χ2n) is 5.79. The van der Waals surface area contributed by atoms with Gasteiger partial charge in [-0.2, -0.15) is 4.98 Å². The van der Waals surface area contributed by atoms with Crippen molar-refractivity contribution < 1.29 is 9.26 Å². The highest BCUT2D eigenvalue weighted by molar-refractivity contribution is 5.88. The molecule has 6 heteroatoms. The van der Waals surface area contributed by atoms with Crippen molar-refractivity contribution in [1.29, 1.82) is 0 Å². The molecule has 1 aromatic heterocycles. The van der Waals surface area contributed by atoms with Crippen molar-refractivity contribution in [2.75, 3.05) is 0 Å². The van der Waals surface area contributed by atoms with Crippen LogP contribution >= 0.6 is 12.4 Å². The van der Waals surface area contributed by atoms with Crippen LogP contribution in [0, 0.1) is 0 Å². The highest BCUT2D eigenvalue weighted by atomic mass is 35.5. The number of nitrogens with two attached hydrogens (primary N) is 1. The molecule has 0 saturated heterocycles. The van der Waals surface area contributed by atoms with Crippen LogP contribution in [0.4, 0.5) is 0 Å². The number of ether oxygens (including phenoxy) is 1. The molecule has 2 aromatic carbocycles. The van der Waals surface area contributed by atoms with Crippen LogP contribution in [0.1, 0.15) is 31.0 Å². The number of rotatable bonds is 4. The van der Waals surface area contributed by atoms with Crippen LogP contribution in [-0.2, 0) is 12.1 Å². The largest absolute Gasteiger partial charge is 0.483 e. The number of benzene rings is 2. The summed E-state index contributed by atoms with van der Waals surface area (Å²) in [6.45, 7) is 0.247. The SMILES string of the molecule is Cl.NC1(c2noc(COc3cccc4ccccc34)n2)CCC1. The molecule has 120 valence electrons. The lowest BCUT2D eigenvalue weighted by Crippen LogP contribution is -2.44. The predicted octanol–water partition coefficient (Wildman–Crippen LogP) is 3.56. The normalized spacial score (nSPS) is 15.7. The van der Waals surface area contributed by atoms with E-state index in [4.69, 9.17) is 15.0 Å². The quantitative estimate of drug-likeness (QED) is 0.791. The Hall–Kier alpha value is -2.11. The molecule has 0 atom stereocenters. The van der Waals surface area contributed by atoms with Crippen molar-refractivity contribution in [2.24, 2.45) is 5.73 Å². The van der Waals surface area contributed by atoms with E-state index in [1.165, 1.54) is 0 Å². The van der Waals surface area contributed by atoms with Crippen LogP contribution in [0.25, 0.3) is 10.8 Å². The molecule has 5 nitrogen and oxygen atoms in total. The standard InChI is InChI=1S/C17H17N3O2.ClH/c18-17(9-4-10-17)16-19-15(22-20-16)11-21-14-8-3-6-12-5-1-2-7-13(12)14;/h1-3,5-8H,4,9-11,18H2;1H. The second kappa shape index (κ2) is 6.18. The van der Waals surface area contributed by atoms with E-state index in [1.54, 1.807) is 0 Å². The third-order valence-electron chi connectivity index (χ3n) is 4.26. The lowest BCUT2D eigenvalue weighted by molar-refractivity contribution is 0.223. The zero-order valence-corrected chi connectivity index (χ0v) is 13.4. The molecule has 0 radical (unpaired) electrons. The lowest BCUT2D eigenvalue weighted by atomic mass is 9.77. The van der Waals surface area contributed by atoms with E-state index in [-0.39, 0.29) is 19.0 Å². The zero-order chi connectivity index (χ0) is 15.0. The molecule has 0 aliphatic heterocycles. The summed E-state index contributed by atoms with van der Waals surface area (Å²) in [5.74, 6) is 1.86. The first-order chi connectivity index (χ1) is 10.7. The Morgan fingerprint density at radius 1 is 1.13 bits per heavy atom. The van der Waals surface area contributed by atoms with Gasteiger partial charge < -0.3 is 15.0 Å². The molecular formula is C17H18ClN3O2. The van der Waals surface area contributed by atoms with Crippen LogP contribution in [0.15, 0.2) is 47.0 Å². The average Bonchev–Trinajstić information content (AvgIpc) is 3.00. The first-order valence-electron chi connectivity index (χ1n) is 7.47. The molecule has 23 heavy (non-hydrogen) atoms. The first kappa shape index (κ1) is 15.8. The van der Waals surface area contributed by atoms with Gasteiger partial charge in [0.05, 0.1) is 5.54 Å². The molecule has 0 bridgehead atoms. The number of hydrogen-bond donors (Lipinski definition) is 1. The Morgan fingerprint density at radius 3 is 2.70 bits per heavy atom. The van der Waals surface area contributed by atoms with E-state index >= 15 is 0 Å². The summed E-state index contributed by atoms with van der Waals surface area (Å²) in [6.07, 6.45) is 2.94. The van der Waals surface area contributed by atoms with Crippen LogP contribution < -0.4 is 10.5 Å². The first-order valence-corrected chi connectivity index (χ1v) is 7.47. The number of halogens is 1. The van der Waals surface area contributed by atoms with E-state index in [2.05, 4.69) is 22.3 Å². The number of fused-ring (bicyclic) bond motifs is 1. The molecule has 4 rings (SSSR count).